The topological polar surface area (TPSA) is 110 Å². The SMILES string of the molecule is Cc1ncc2c(n1)CCC(NC(=O)C1CCC(C(=O)NC3CCc4nc(C)ncc4C3)CC1)C2. The normalized spacial score (nSPS) is 26.2. The maximum Gasteiger partial charge on any atom is 0.223 e. The second-order valence-electron chi connectivity index (χ2n) is 10.2. The first kappa shape index (κ1) is 22.9. The minimum Gasteiger partial charge on any atom is -0.353 e. The third-order valence-electron chi connectivity index (χ3n) is 7.70. The number of nitrogens with one attached hydrogen (secondary N) is 2. The molecule has 2 N–H and O–H groups in total. The fourth-order valence-electron chi connectivity index (χ4n) is 5.72. The highest BCUT2D eigenvalue weighted by atomic mass is 16.2. The van der Waals surface area contributed by atoms with Crippen LogP contribution in [0.25, 0.3) is 0 Å². The van der Waals surface area contributed by atoms with Gasteiger partial charge in [0.15, 0.2) is 0 Å². The molecule has 2 atom stereocenters. The number of rotatable bonds is 4. The van der Waals surface area contributed by atoms with Crippen LogP contribution in [0.2, 0.25) is 0 Å². The van der Waals surface area contributed by atoms with Crippen molar-refractivity contribution >= 4 is 11.8 Å². The van der Waals surface area contributed by atoms with E-state index < -0.39 is 0 Å². The molecular weight excluding hydrogens is 428 g/mol. The average molecular weight is 463 g/mol. The largest absolute Gasteiger partial charge is 0.353 e. The van der Waals surface area contributed by atoms with Gasteiger partial charge in [0.05, 0.1) is 0 Å². The van der Waals surface area contributed by atoms with Crippen molar-refractivity contribution in [3.63, 3.8) is 0 Å². The lowest BCUT2D eigenvalue weighted by Crippen LogP contribution is -2.45. The summed E-state index contributed by atoms with van der Waals surface area (Å²) in [6.45, 7) is 3.82. The van der Waals surface area contributed by atoms with E-state index in [0.29, 0.717) is 0 Å². The number of hydrogen-bond donors (Lipinski definition) is 2. The van der Waals surface area contributed by atoms with Crippen LogP contribution in [0.3, 0.4) is 0 Å². The third kappa shape index (κ3) is 5.10. The van der Waals surface area contributed by atoms with Crippen LogP contribution < -0.4 is 10.6 Å². The molecule has 0 spiro atoms. The first-order chi connectivity index (χ1) is 16.4. The first-order valence-electron chi connectivity index (χ1n) is 12.7. The number of aryl methyl sites for hydroxylation is 4. The Balaban J connectivity index is 1.07. The Labute approximate surface area is 200 Å². The van der Waals surface area contributed by atoms with Gasteiger partial charge in [-0.2, -0.15) is 0 Å². The van der Waals surface area contributed by atoms with Gasteiger partial charge in [0.25, 0.3) is 0 Å². The summed E-state index contributed by atoms with van der Waals surface area (Å²) in [6.07, 6.45) is 12.1. The Morgan fingerprint density at radius 3 is 1.53 bits per heavy atom. The van der Waals surface area contributed by atoms with Gasteiger partial charge in [0.1, 0.15) is 11.6 Å². The Morgan fingerprint density at radius 1 is 0.706 bits per heavy atom. The Bertz CT molecular complexity index is 993. The molecule has 3 aliphatic rings. The molecule has 2 aromatic rings. The Morgan fingerprint density at radius 2 is 1.12 bits per heavy atom. The van der Waals surface area contributed by atoms with Gasteiger partial charge in [-0.25, -0.2) is 19.9 Å². The number of aromatic nitrogens is 4. The van der Waals surface area contributed by atoms with Crippen molar-refractivity contribution in [3.05, 3.63) is 46.6 Å². The van der Waals surface area contributed by atoms with Gasteiger partial charge < -0.3 is 10.6 Å². The zero-order valence-electron chi connectivity index (χ0n) is 20.1. The van der Waals surface area contributed by atoms with Gasteiger partial charge in [-0.3, -0.25) is 9.59 Å². The molecule has 2 unspecified atom stereocenters. The van der Waals surface area contributed by atoms with E-state index >= 15 is 0 Å². The van der Waals surface area contributed by atoms with Crippen molar-refractivity contribution in [1.29, 1.82) is 0 Å². The number of hydrogen-bond acceptors (Lipinski definition) is 6. The summed E-state index contributed by atoms with van der Waals surface area (Å²) < 4.78 is 0. The molecule has 8 nitrogen and oxygen atoms in total. The summed E-state index contributed by atoms with van der Waals surface area (Å²) >= 11 is 0. The highest BCUT2D eigenvalue weighted by molar-refractivity contribution is 5.81. The molecule has 8 heteroatoms. The molecule has 34 heavy (non-hydrogen) atoms. The molecule has 5 rings (SSSR count). The molecule has 2 aromatic heterocycles. The van der Waals surface area contributed by atoms with Crippen LogP contribution in [0.1, 0.15) is 72.7 Å². The number of nitrogens with zero attached hydrogens (tertiary/aromatic N) is 4. The van der Waals surface area contributed by atoms with Gasteiger partial charge in [-0.15, -0.1) is 0 Å². The van der Waals surface area contributed by atoms with Crippen molar-refractivity contribution in [2.75, 3.05) is 0 Å². The van der Waals surface area contributed by atoms with Gasteiger partial charge >= 0.3 is 0 Å². The van der Waals surface area contributed by atoms with E-state index in [4.69, 9.17) is 0 Å². The fraction of sp³-hybridized carbons (Fsp3) is 0.615. The molecule has 2 heterocycles. The average Bonchev–Trinajstić information content (AvgIpc) is 2.84. The predicted octanol–water partition coefficient (Wildman–Crippen LogP) is 2.34. The smallest absolute Gasteiger partial charge is 0.223 e. The van der Waals surface area contributed by atoms with Crippen molar-refractivity contribution in [2.24, 2.45) is 11.8 Å². The fourth-order valence-corrected chi connectivity index (χ4v) is 5.72. The van der Waals surface area contributed by atoms with Gasteiger partial charge in [-0.1, -0.05) is 0 Å². The van der Waals surface area contributed by atoms with Gasteiger partial charge in [0.2, 0.25) is 11.8 Å². The summed E-state index contributed by atoms with van der Waals surface area (Å²) in [6, 6.07) is 0.295. The van der Waals surface area contributed by atoms with Crippen molar-refractivity contribution in [2.45, 2.75) is 90.1 Å². The molecule has 0 aromatic carbocycles. The van der Waals surface area contributed by atoms with Crippen molar-refractivity contribution in [1.82, 2.24) is 30.6 Å². The molecule has 0 aliphatic heterocycles. The Kier molecular flexibility index (Phi) is 6.57. The van der Waals surface area contributed by atoms with Crippen LogP contribution in [0.15, 0.2) is 12.4 Å². The van der Waals surface area contributed by atoms with E-state index in [-0.39, 0.29) is 35.7 Å². The van der Waals surface area contributed by atoms with E-state index in [9.17, 15) is 9.59 Å². The highest BCUT2D eigenvalue weighted by Gasteiger charge is 2.33. The summed E-state index contributed by atoms with van der Waals surface area (Å²) in [5, 5.41) is 6.52. The Hall–Kier alpha value is -2.90. The van der Waals surface area contributed by atoms with Crippen LogP contribution in [-0.2, 0) is 35.3 Å². The predicted molar refractivity (Wildman–Crippen MR) is 127 cm³/mol. The summed E-state index contributed by atoms with van der Waals surface area (Å²) in [5.74, 6) is 1.89. The maximum absolute atomic E-state index is 12.9. The monoisotopic (exact) mass is 462 g/mol. The number of carbonyl (C=O) groups excluding carboxylic acids is 2. The lowest BCUT2D eigenvalue weighted by molar-refractivity contribution is -0.131. The molecule has 1 saturated carbocycles. The van der Waals surface area contributed by atoms with Gasteiger partial charge in [-0.05, 0) is 89.2 Å². The summed E-state index contributed by atoms with van der Waals surface area (Å²) in [4.78, 5) is 43.5. The van der Waals surface area contributed by atoms with Gasteiger partial charge in [0, 0.05) is 47.7 Å². The lowest BCUT2D eigenvalue weighted by Gasteiger charge is -2.31. The quantitative estimate of drug-likeness (QED) is 0.722. The minimum absolute atomic E-state index is 0.00154. The standard InChI is InChI=1S/C26H34N6O2/c1-15-27-13-19-11-21(7-9-23(19)29-15)31-25(33)17-3-5-18(6-4-17)26(34)32-22-8-10-24-20(12-22)14-28-16(2)30-24/h13-14,17-18,21-22H,3-12H2,1-2H3,(H,31,33)(H,32,34). The lowest BCUT2D eigenvalue weighted by atomic mass is 9.80. The van der Waals surface area contributed by atoms with Crippen LogP contribution in [0.4, 0.5) is 0 Å². The third-order valence-corrected chi connectivity index (χ3v) is 7.70. The molecule has 2 amide bonds. The van der Waals surface area contributed by atoms with Crippen LogP contribution in [-0.4, -0.2) is 43.8 Å². The minimum atomic E-state index is 0.00154. The van der Waals surface area contributed by atoms with E-state index in [0.717, 1.165) is 98.4 Å². The van der Waals surface area contributed by atoms with Crippen molar-refractivity contribution < 1.29 is 9.59 Å². The van der Waals surface area contributed by atoms with E-state index in [1.165, 1.54) is 0 Å². The summed E-state index contributed by atoms with van der Waals surface area (Å²) in [5.41, 5.74) is 4.53. The summed E-state index contributed by atoms with van der Waals surface area (Å²) in [7, 11) is 0. The number of carbonyl (C=O) groups is 2. The second-order valence-corrected chi connectivity index (χ2v) is 10.2. The zero-order chi connectivity index (χ0) is 23.7. The molecule has 3 aliphatic carbocycles. The first-order valence-corrected chi connectivity index (χ1v) is 12.7. The zero-order valence-corrected chi connectivity index (χ0v) is 20.1. The highest BCUT2D eigenvalue weighted by Crippen LogP contribution is 2.30. The molecular formula is C26H34N6O2. The maximum atomic E-state index is 12.9. The van der Waals surface area contributed by atoms with Crippen molar-refractivity contribution in [3.8, 4) is 0 Å². The number of amides is 2. The van der Waals surface area contributed by atoms with E-state index in [1.54, 1.807) is 0 Å². The molecule has 180 valence electrons. The number of fused-ring (bicyclic) bond motifs is 2. The van der Waals surface area contributed by atoms with E-state index in [2.05, 4.69) is 30.6 Å². The molecule has 1 fully saturated rings. The molecule has 0 radical (unpaired) electrons. The van der Waals surface area contributed by atoms with Crippen LogP contribution >= 0.6 is 0 Å². The molecule has 0 saturated heterocycles. The van der Waals surface area contributed by atoms with Crippen LogP contribution in [0, 0.1) is 25.7 Å². The van der Waals surface area contributed by atoms with Crippen LogP contribution in [0.5, 0.6) is 0 Å². The van der Waals surface area contributed by atoms with E-state index in [1.807, 2.05) is 26.2 Å². The molecule has 0 bridgehead atoms. The second kappa shape index (κ2) is 9.76.